The van der Waals surface area contributed by atoms with Crippen LogP contribution >= 0.6 is 0 Å². The van der Waals surface area contributed by atoms with Gasteiger partial charge in [0, 0.05) is 25.1 Å². The molecule has 28 heavy (non-hydrogen) atoms. The van der Waals surface area contributed by atoms with Crippen molar-refractivity contribution in [3.63, 3.8) is 0 Å². The van der Waals surface area contributed by atoms with Crippen LogP contribution < -0.4 is 5.73 Å². The van der Waals surface area contributed by atoms with Gasteiger partial charge in [-0.05, 0) is 35.4 Å². The Morgan fingerprint density at radius 3 is 2.25 bits per heavy atom. The maximum atomic E-state index is 12.6. The van der Waals surface area contributed by atoms with E-state index in [1.165, 1.54) is 0 Å². The maximum absolute atomic E-state index is 12.6. The van der Waals surface area contributed by atoms with E-state index in [9.17, 15) is 9.59 Å². The lowest BCUT2D eigenvalue weighted by Gasteiger charge is -2.32. The molecule has 146 valence electrons. The third kappa shape index (κ3) is 4.97. The Morgan fingerprint density at radius 1 is 1.07 bits per heavy atom. The summed E-state index contributed by atoms with van der Waals surface area (Å²) in [5.41, 5.74) is 9.17. The van der Waals surface area contributed by atoms with Gasteiger partial charge in [-0.3, -0.25) is 15.0 Å². The molecule has 0 aromatic heterocycles. The molecule has 0 bridgehead atoms. The molecule has 0 saturated carbocycles. The van der Waals surface area contributed by atoms with Crippen molar-refractivity contribution in [3.8, 4) is 11.1 Å². The summed E-state index contributed by atoms with van der Waals surface area (Å²) in [6.45, 7) is 1.24. The number of piperidine rings is 1. The van der Waals surface area contributed by atoms with Gasteiger partial charge in [-0.25, -0.2) is 0 Å². The van der Waals surface area contributed by atoms with Crippen molar-refractivity contribution >= 4 is 17.7 Å². The first kappa shape index (κ1) is 19.6. The molecule has 2 aromatic rings. The number of carboxylic acids is 1. The monoisotopic (exact) mass is 379 g/mol. The first-order valence-electron chi connectivity index (χ1n) is 9.45. The lowest BCUT2D eigenvalue weighted by molar-refractivity contribution is -0.140. The topological polar surface area (TPSA) is 107 Å². The molecule has 1 aliphatic rings. The average molecular weight is 379 g/mol. The molecule has 4 N–H and O–H groups in total. The fraction of sp³-hybridized carbons (Fsp3) is 0.318. The quantitative estimate of drug-likeness (QED) is 0.530. The molecule has 1 heterocycles. The number of amidine groups is 1. The summed E-state index contributed by atoms with van der Waals surface area (Å²) in [5.74, 6) is -0.654. The molecule has 1 atom stereocenters. The van der Waals surface area contributed by atoms with E-state index in [0.29, 0.717) is 25.1 Å². The summed E-state index contributed by atoms with van der Waals surface area (Å²) in [4.78, 5) is 25.3. The van der Waals surface area contributed by atoms with Crippen LogP contribution in [-0.4, -0.2) is 40.8 Å². The normalized spacial score (nSPS) is 16.6. The number of aliphatic carboxylic acids is 1. The van der Waals surface area contributed by atoms with E-state index in [1.807, 2.05) is 48.5 Å². The highest BCUT2D eigenvalue weighted by Crippen LogP contribution is 2.22. The lowest BCUT2D eigenvalue weighted by atomic mass is 9.94. The van der Waals surface area contributed by atoms with E-state index in [4.69, 9.17) is 16.2 Å². The zero-order chi connectivity index (χ0) is 20.1. The fourth-order valence-corrected chi connectivity index (χ4v) is 3.65. The van der Waals surface area contributed by atoms with E-state index < -0.39 is 5.97 Å². The van der Waals surface area contributed by atoms with Gasteiger partial charge in [-0.1, -0.05) is 48.5 Å². The summed E-state index contributed by atoms with van der Waals surface area (Å²) in [6, 6.07) is 15.3. The highest BCUT2D eigenvalue weighted by molar-refractivity contribution is 5.95. The van der Waals surface area contributed by atoms with Crippen molar-refractivity contribution < 1.29 is 14.7 Å². The molecule has 1 aliphatic heterocycles. The molecule has 1 saturated heterocycles. The first-order chi connectivity index (χ1) is 13.4. The first-order valence-corrected chi connectivity index (χ1v) is 9.45. The molecule has 6 heteroatoms. The van der Waals surface area contributed by atoms with Crippen LogP contribution in [0, 0.1) is 11.3 Å². The average Bonchev–Trinajstić information content (AvgIpc) is 2.68. The van der Waals surface area contributed by atoms with Crippen molar-refractivity contribution in [1.82, 2.24) is 4.90 Å². The third-order valence-electron chi connectivity index (χ3n) is 5.17. The Labute approximate surface area is 164 Å². The molecule has 1 amide bonds. The van der Waals surface area contributed by atoms with Crippen molar-refractivity contribution in [1.29, 1.82) is 5.41 Å². The molecule has 0 spiro atoms. The predicted molar refractivity (Wildman–Crippen MR) is 108 cm³/mol. The van der Waals surface area contributed by atoms with Crippen LogP contribution in [0.15, 0.2) is 48.5 Å². The van der Waals surface area contributed by atoms with Crippen LogP contribution in [0.4, 0.5) is 0 Å². The number of hydrogen-bond acceptors (Lipinski definition) is 3. The van der Waals surface area contributed by atoms with Gasteiger partial charge in [0.05, 0.1) is 6.42 Å². The Kier molecular flexibility index (Phi) is 6.09. The summed E-state index contributed by atoms with van der Waals surface area (Å²) in [6.07, 6.45) is 2.18. The van der Waals surface area contributed by atoms with Gasteiger partial charge < -0.3 is 15.7 Å². The predicted octanol–water partition coefficient (Wildman–Crippen LogP) is 2.89. The van der Waals surface area contributed by atoms with Crippen molar-refractivity contribution in [2.45, 2.75) is 25.7 Å². The van der Waals surface area contributed by atoms with Crippen LogP contribution in [0.3, 0.4) is 0 Å². The van der Waals surface area contributed by atoms with Crippen LogP contribution in [0.1, 0.15) is 30.4 Å². The van der Waals surface area contributed by atoms with E-state index in [0.717, 1.165) is 29.5 Å². The second-order valence-corrected chi connectivity index (χ2v) is 7.31. The maximum Gasteiger partial charge on any atom is 0.303 e. The van der Waals surface area contributed by atoms with E-state index >= 15 is 0 Å². The number of nitrogen functional groups attached to an aromatic ring is 1. The molecule has 2 aromatic carbocycles. The number of benzene rings is 2. The zero-order valence-corrected chi connectivity index (χ0v) is 15.7. The van der Waals surface area contributed by atoms with E-state index in [-0.39, 0.29) is 24.1 Å². The SMILES string of the molecule is N=C(N)c1ccc(-c2ccc(CC(=O)N3CCCC(CC(=O)O)C3)cc2)cc1. The van der Waals surface area contributed by atoms with Gasteiger partial charge in [0.15, 0.2) is 0 Å². The number of carboxylic acid groups (broad SMARTS) is 1. The minimum Gasteiger partial charge on any atom is -0.481 e. The smallest absolute Gasteiger partial charge is 0.303 e. The van der Waals surface area contributed by atoms with E-state index in [1.54, 1.807) is 4.90 Å². The largest absolute Gasteiger partial charge is 0.481 e. The molecular formula is C22H25N3O3. The molecule has 0 aliphatic carbocycles. The van der Waals surface area contributed by atoms with Gasteiger partial charge >= 0.3 is 5.97 Å². The number of likely N-dealkylation sites (tertiary alicyclic amines) is 1. The molecule has 0 radical (unpaired) electrons. The molecule has 6 nitrogen and oxygen atoms in total. The van der Waals surface area contributed by atoms with Gasteiger partial charge in [0.2, 0.25) is 5.91 Å². The Balaban J connectivity index is 1.61. The number of rotatable bonds is 6. The Morgan fingerprint density at radius 2 is 1.68 bits per heavy atom. The van der Waals surface area contributed by atoms with Crippen LogP contribution in [-0.2, 0) is 16.0 Å². The summed E-state index contributed by atoms with van der Waals surface area (Å²) < 4.78 is 0. The third-order valence-corrected chi connectivity index (χ3v) is 5.17. The second kappa shape index (κ2) is 8.69. The van der Waals surface area contributed by atoms with Crippen LogP contribution in [0.2, 0.25) is 0 Å². The number of amides is 1. The number of nitrogens with zero attached hydrogens (tertiary/aromatic N) is 1. The highest BCUT2D eigenvalue weighted by atomic mass is 16.4. The van der Waals surface area contributed by atoms with E-state index in [2.05, 4.69) is 0 Å². The number of nitrogens with one attached hydrogen (secondary N) is 1. The Hall–Kier alpha value is -3.15. The number of nitrogens with two attached hydrogens (primary N) is 1. The van der Waals surface area contributed by atoms with Crippen LogP contribution in [0.25, 0.3) is 11.1 Å². The lowest BCUT2D eigenvalue weighted by Crippen LogP contribution is -2.41. The number of carbonyl (C=O) groups is 2. The number of carbonyl (C=O) groups excluding carboxylic acids is 1. The van der Waals surface area contributed by atoms with Crippen LogP contribution in [0.5, 0.6) is 0 Å². The van der Waals surface area contributed by atoms with Crippen molar-refractivity contribution in [3.05, 3.63) is 59.7 Å². The van der Waals surface area contributed by atoms with Gasteiger partial charge in [-0.2, -0.15) is 0 Å². The van der Waals surface area contributed by atoms with Crippen molar-refractivity contribution in [2.24, 2.45) is 11.7 Å². The Bertz CT molecular complexity index is 860. The van der Waals surface area contributed by atoms with Gasteiger partial charge in [0.25, 0.3) is 0 Å². The summed E-state index contributed by atoms with van der Waals surface area (Å²) in [7, 11) is 0. The highest BCUT2D eigenvalue weighted by Gasteiger charge is 2.25. The minimum atomic E-state index is -0.800. The van der Waals surface area contributed by atoms with Gasteiger partial charge in [0.1, 0.15) is 5.84 Å². The number of hydrogen-bond donors (Lipinski definition) is 3. The molecule has 1 unspecified atom stereocenters. The zero-order valence-electron chi connectivity index (χ0n) is 15.7. The molecule has 3 rings (SSSR count). The van der Waals surface area contributed by atoms with Crippen molar-refractivity contribution in [2.75, 3.05) is 13.1 Å². The standard InChI is InChI=1S/C22H25N3O3/c23-22(24)19-9-7-18(8-10-19)17-5-3-15(4-6-17)12-20(26)25-11-1-2-16(14-25)13-21(27)28/h3-10,16H,1-2,11-14H2,(H3,23,24)(H,27,28). The summed E-state index contributed by atoms with van der Waals surface area (Å²) in [5, 5.41) is 16.4. The molecule has 1 fully saturated rings. The summed E-state index contributed by atoms with van der Waals surface area (Å²) >= 11 is 0. The minimum absolute atomic E-state index is 0.0451. The second-order valence-electron chi connectivity index (χ2n) is 7.31. The fourth-order valence-electron chi connectivity index (χ4n) is 3.65. The molecular weight excluding hydrogens is 354 g/mol. The van der Waals surface area contributed by atoms with Gasteiger partial charge in [-0.15, -0.1) is 0 Å².